The van der Waals surface area contributed by atoms with E-state index in [0.29, 0.717) is 5.92 Å². The molecular weight excluding hydrogens is 382 g/mol. The summed E-state index contributed by atoms with van der Waals surface area (Å²) in [6.07, 6.45) is 1.23. The van der Waals surface area contributed by atoms with E-state index in [1.807, 2.05) is 38.1 Å². The normalized spacial score (nSPS) is 11.8. The third kappa shape index (κ3) is 5.35. The lowest BCUT2D eigenvalue weighted by Crippen LogP contribution is -2.37. The molecule has 1 aromatic carbocycles. The minimum atomic E-state index is -0.689. The van der Waals surface area contributed by atoms with Gasteiger partial charge in [-0.2, -0.15) is 5.26 Å². The Kier molecular flexibility index (Phi) is 7.54. The number of hydrogen-bond donors (Lipinski definition) is 1. The predicted octanol–water partition coefficient (Wildman–Crippen LogP) is 3.14. The van der Waals surface area contributed by atoms with Gasteiger partial charge in [0.05, 0.1) is 18.7 Å². The van der Waals surface area contributed by atoms with Crippen LogP contribution >= 0.6 is 0 Å². The number of aromatic nitrogens is 1. The van der Waals surface area contributed by atoms with Crippen LogP contribution in [0.5, 0.6) is 0 Å². The summed E-state index contributed by atoms with van der Waals surface area (Å²) in [6.45, 7) is 7.92. The number of amides is 1. The van der Waals surface area contributed by atoms with E-state index in [4.69, 9.17) is 5.26 Å². The molecule has 7 nitrogen and oxygen atoms in total. The monoisotopic (exact) mass is 409 g/mol. The Labute approximate surface area is 176 Å². The summed E-state index contributed by atoms with van der Waals surface area (Å²) in [5.74, 6) is -0.554. The van der Waals surface area contributed by atoms with Gasteiger partial charge in [-0.15, -0.1) is 0 Å². The number of hydrogen-bond acceptors (Lipinski definition) is 5. The minimum absolute atomic E-state index is 0.0335. The Morgan fingerprint density at radius 1 is 1.13 bits per heavy atom. The first-order valence-corrected chi connectivity index (χ1v) is 9.80. The summed E-state index contributed by atoms with van der Waals surface area (Å²) in [7, 11) is 1.20. The van der Waals surface area contributed by atoms with Crippen molar-refractivity contribution < 1.29 is 14.3 Å². The summed E-state index contributed by atoms with van der Waals surface area (Å²) >= 11 is 0. The molecule has 7 heteroatoms. The molecule has 2 rings (SSSR count). The van der Waals surface area contributed by atoms with Gasteiger partial charge in [0.1, 0.15) is 18.2 Å². The quantitative estimate of drug-likeness (QED) is 0.708. The van der Waals surface area contributed by atoms with Crippen molar-refractivity contribution in [2.24, 2.45) is 5.92 Å². The van der Waals surface area contributed by atoms with Gasteiger partial charge in [0.15, 0.2) is 0 Å². The number of methoxy groups -OCH3 is 1. The van der Waals surface area contributed by atoms with Crippen LogP contribution in [0.2, 0.25) is 0 Å². The Hall–Kier alpha value is -3.40. The molecular formula is C23H27N3O4. The van der Waals surface area contributed by atoms with Crippen LogP contribution in [-0.4, -0.2) is 23.6 Å². The van der Waals surface area contributed by atoms with E-state index in [9.17, 15) is 14.4 Å². The van der Waals surface area contributed by atoms with E-state index in [1.54, 1.807) is 6.07 Å². The van der Waals surface area contributed by atoms with Crippen LogP contribution in [0.15, 0.2) is 41.3 Å². The standard InChI is InChI=1S/C23H27N3O4/c1-14(2)16-6-8-17(9-7-16)21(15(3)4)25-20(27)13-26-12-19(23(29)30-5)10-18(11-24)22(26)28/h6-10,12,14-15,21H,13H2,1-5H3,(H,25,27). The highest BCUT2D eigenvalue weighted by atomic mass is 16.5. The highest BCUT2D eigenvalue weighted by molar-refractivity contribution is 5.89. The van der Waals surface area contributed by atoms with E-state index in [-0.39, 0.29) is 29.6 Å². The lowest BCUT2D eigenvalue weighted by molar-refractivity contribution is -0.122. The van der Waals surface area contributed by atoms with Crippen molar-refractivity contribution in [3.63, 3.8) is 0 Å². The fraction of sp³-hybridized carbons (Fsp3) is 0.391. The second-order valence-electron chi connectivity index (χ2n) is 7.79. The third-order valence-electron chi connectivity index (χ3n) is 4.89. The van der Waals surface area contributed by atoms with Crippen LogP contribution in [0, 0.1) is 17.2 Å². The molecule has 0 bridgehead atoms. The molecule has 0 aliphatic heterocycles. The summed E-state index contributed by atoms with van der Waals surface area (Å²) in [6, 6.07) is 10.8. The molecule has 1 atom stereocenters. The second kappa shape index (κ2) is 9.88. The van der Waals surface area contributed by atoms with Crippen molar-refractivity contribution in [2.45, 2.75) is 46.2 Å². The zero-order valence-corrected chi connectivity index (χ0v) is 17.9. The van der Waals surface area contributed by atoms with E-state index in [1.165, 1.54) is 18.9 Å². The highest BCUT2D eigenvalue weighted by Gasteiger charge is 2.20. The van der Waals surface area contributed by atoms with Crippen LogP contribution in [-0.2, 0) is 16.1 Å². The number of ether oxygens (including phenoxy) is 1. The predicted molar refractivity (Wildman–Crippen MR) is 113 cm³/mol. The molecule has 0 radical (unpaired) electrons. The maximum absolute atomic E-state index is 12.7. The average Bonchev–Trinajstić information content (AvgIpc) is 2.72. The number of nitrogens with one attached hydrogen (secondary N) is 1. The molecule has 1 N–H and O–H groups in total. The Morgan fingerprint density at radius 3 is 2.23 bits per heavy atom. The molecule has 0 aliphatic carbocycles. The van der Waals surface area contributed by atoms with Gasteiger partial charge in [-0.3, -0.25) is 9.59 Å². The van der Waals surface area contributed by atoms with Crippen molar-refractivity contribution >= 4 is 11.9 Å². The topological polar surface area (TPSA) is 101 Å². The van der Waals surface area contributed by atoms with Gasteiger partial charge < -0.3 is 14.6 Å². The van der Waals surface area contributed by atoms with Gasteiger partial charge in [0.2, 0.25) is 5.91 Å². The van der Waals surface area contributed by atoms with Crippen LogP contribution < -0.4 is 10.9 Å². The molecule has 0 spiro atoms. The average molecular weight is 409 g/mol. The molecule has 1 heterocycles. The highest BCUT2D eigenvalue weighted by Crippen LogP contribution is 2.24. The van der Waals surface area contributed by atoms with Gasteiger partial charge in [0.25, 0.3) is 5.56 Å². The van der Waals surface area contributed by atoms with E-state index in [2.05, 4.69) is 23.9 Å². The second-order valence-corrected chi connectivity index (χ2v) is 7.79. The van der Waals surface area contributed by atoms with Crippen molar-refractivity contribution in [3.8, 4) is 6.07 Å². The Balaban J connectivity index is 2.27. The third-order valence-corrected chi connectivity index (χ3v) is 4.89. The molecule has 158 valence electrons. The van der Waals surface area contributed by atoms with Crippen molar-refractivity contribution in [1.82, 2.24) is 9.88 Å². The lowest BCUT2D eigenvalue weighted by atomic mass is 9.93. The molecule has 1 amide bonds. The van der Waals surface area contributed by atoms with Gasteiger partial charge >= 0.3 is 5.97 Å². The summed E-state index contributed by atoms with van der Waals surface area (Å²) in [5, 5.41) is 12.1. The zero-order valence-electron chi connectivity index (χ0n) is 17.9. The SMILES string of the molecule is COC(=O)c1cc(C#N)c(=O)n(CC(=O)NC(c2ccc(C(C)C)cc2)C(C)C)c1. The molecule has 1 unspecified atom stereocenters. The molecule has 2 aromatic rings. The molecule has 1 aromatic heterocycles. The fourth-order valence-corrected chi connectivity index (χ4v) is 3.16. The number of pyridine rings is 1. The summed E-state index contributed by atoms with van der Waals surface area (Å²) in [5.41, 5.74) is 1.35. The number of carbonyl (C=O) groups is 2. The van der Waals surface area contributed by atoms with Gasteiger partial charge in [-0.1, -0.05) is 52.0 Å². The summed E-state index contributed by atoms with van der Waals surface area (Å²) < 4.78 is 5.71. The van der Waals surface area contributed by atoms with Gasteiger partial charge in [-0.25, -0.2) is 4.79 Å². The molecule has 30 heavy (non-hydrogen) atoms. The van der Waals surface area contributed by atoms with Crippen molar-refractivity contribution in [3.05, 3.63) is 69.1 Å². The Bertz CT molecular complexity index is 1010. The van der Waals surface area contributed by atoms with Crippen LogP contribution in [0.4, 0.5) is 0 Å². The van der Waals surface area contributed by atoms with Gasteiger partial charge in [-0.05, 0) is 29.0 Å². The molecule has 0 saturated carbocycles. The largest absolute Gasteiger partial charge is 0.465 e. The van der Waals surface area contributed by atoms with E-state index < -0.39 is 17.4 Å². The minimum Gasteiger partial charge on any atom is -0.465 e. The first kappa shape index (κ1) is 22.9. The number of benzene rings is 1. The van der Waals surface area contributed by atoms with Crippen molar-refractivity contribution in [1.29, 1.82) is 5.26 Å². The van der Waals surface area contributed by atoms with E-state index >= 15 is 0 Å². The maximum Gasteiger partial charge on any atom is 0.339 e. The zero-order chi connectivity index (χ0) is 22.4. The number of rotatable bonds is 7. The Morgan fingerprint density at radius 2 is 1.73 bits per heavy atom. The van der Waals surface area contributed by atoms with Crippen LogP contribution in [0.25, 0.3) is 0 Å². The molecule has 0 saturated heterocycles. The smallest absolute Gasteiger partial charge is 0.339 e. The summed E-state index contributed by atoms with van der Waals surface area (Å²) in [4.78, 5) is 36.9. The number of esters is 1. The number of carbonyl (C=O) groups excluding carboxylic acids is 2. The van der Waals surface area contributed by atoms with Crippen molar-refractivity contribution in [2.75, 3.05) is 7.11 Å². The number of nitriles is 1. The molecule has 0 aliphatic rings. The van der Waals surface area contributed by atoms with Crippen LogP contribution in [0.3, 0.4) is 0 Å². The maximum atomic E-state index is 12.7. The van der Waals surface area contributed by atoms with Gasteiger partial charge in [0, 0.05) is 6.20 Å². The molecule has 0 fully saturated rings. The number of nitrogens with zero attached hydrogens (tertiary/aromatic N) is 2. The first-order chi connectivity index (χ1) is 14.2. The first-order valence-electron chi connectivity index (χ1n) is 9.80. The lowest BCUT2D eigenvalue weighted by Gasteiger charge is -2.24. The van der Waals surface area contributed by atoms with Crippen LogP contribution in [0.1, 0.15) is 66.7 Å². The fourth-order valence-electron chi connectivity index (χ4n) is 3.16. The van der Waals surface area contributed by atoms with E-state index in [0.717, 1.165) is 16.2 Å².